The van der Waals surface area contributed by atoms with E-state index in [1.807, 2.05) is 24.3 Å². The van der Waals surface area contributed by atoms with Gasteiger partial charge in [-0.1, -0.05) is 29.4 Å². The number of nitrogens with one attached hydrogen (secondary N) is 1. The Hall–Kier alpha value is -1.70. The van der Waals surface area contributed by atoms with Crippen molar-refractivity contribution in [1.82, 2.24) is 9.88 Å². The second kappa shape index (κ2) is 5.83. The molecule has 0 spiro atoms. The lowest BCUT2D eigenvalue weighted by molar-refractivity contribution is 0.0322. The minimum Gasteiger partial charge on any atom is -0.372 e. The van der Waals surface area contributed by atoms with Gasteiger partial charge in [0, 0.05) is 13.0 Å². The molecule has 2 heterocycles. The van der Waals surface area contributed by atoms with E-state index in [1.54, 1.807) is 13.8 Å². The van der Waals surface area contributed by atoms with Crippen molar-refractivity contribution in [3.8, 4) is 0 Å². The number of fused-ring (bicyclic) bond motifs is 1. The van der Waals surface area contributed by atoms with Gasteiger partial charge in [-0.25, -0.2) is 13.1 Å². The van der Waals surface area contributed by atoms with Crippen LogP contribution >= 0.6 is 0 Å². The maximum Gasteiger partial charge on any atom is 0.246 e. The fraction of sp³-hybridized carbons (Fsp3) is 0.400. The predicted molar refractivity (Wildman–Crippen MR) is 79.9 cm³/mol. The Labute approximate surface area is 129 Å². The Kier molecular flexibility index (Phi) is 4.03. The second-order valence-corrected chi connectivity index (χ2v) is 7.11. The van der Waals surface area contributed by atoms with E-state index in [9.17, 15) is 8.42 Å². The number of benzene rings is 1. The van der Waals surface area contributed by atoms with Crippen LogP contribution in [0.3, 0.4) is 0 Å². The summed E-state index contributed by atoms with van der Waals surface area (Å²) in [7, 11) is -3.64. The summed E-state index contributed by atoms with van der Waals surface area (Å²) in [6, 6.07) is 8.03. The van der Waals surface area contributed by atoms with Crippen molar-refractivity contribution in [2.75, 3.05) is 6.54 Å². The number of hydrogen-bond acceptors (Lipinski definition) is 5. The maximum atomic E-state index is 12.4. The van der Waals surface area contributed by atoms with Crippen LogP contribution in [0, 0.1) is 13.8 Å². The molecular formula is C15H18N2O4S. The molecule has 0 amide bonds. The lowest BCUT2D eigenvalue weighted by atomic mass is 9.99. The molecule has 1 N–H and O–H groups in total. The molecule has 6 nitrogen and oxygen atoms in total. The number of aryl methyl sites for hydroxylation is 2. The van der Waals surface area contributed by atoms with Crippen LogP contribution in [0.15, 0.2) is 33.7 Å². The number of nitrogens with zero attached hydrogens (tertiary/aromatic N) is 1. The van der Waals surface area contributed by atoms with Crippen LogP contribution in [0.4, 0.5) is 0 Å². The molecule has 22 heavy (non-hydrogen) atoms. The first kappa shape index (κ1) is 15.2. The summed E-state index contributed by atoms with van der Waals surface area (Å²) in [6.07, 6.45) is 0.519. The van der Waals surface area contributed by atoms with Crippen LogP contribution in [0.5, 0.6) is 0 Å². The van der Waals surface area contributed by atoms with E-state index in [0.717, 1.165) is 5.56 Å². The summed E-state index contributed by atoms with van der Waals surface area (Å²) in [5.41, 5.74) is 2.72. The molecule has 0 saturated carbocycles. The minimum absolute atomic E-state index is 0.115. The molecule has 1 aliphatic rings. The Morgan fingerprint density at radius 3 is 2.68 bits per heavy atom. The second-order valence-electron chi connectivity index (χ2n) is 5.41. The van der Waals surface area contributed by atoms with Crippen LogP contribution in [-0.2, 0) is 27.8 Å². The monoisotopic (exact) mass is 322 g/mol. The Morgan fingerprint density at radius 1 is 1.27 bits per heavy atom. The fourth-order valence-corrected chi connectivity index (χ4v) is 4.06. The van der Waals surface area contributed by atoms with Gasteiger partial charge in [0.1, 0.15) is 10.6 Å². The molecule has 1 aliphatic heterocycles. The van der Waals surface area contributed by atoms with Gasteiger partial charge in [-0.3, -0.25) is 0 Å². The molecule has 7 heteroatoms. The highest BCUT2D eigenvalue weighted by Crippen LogP contribution is 2.21. The predicted octanol–water partition coefficient (Wildman–Crippen LogP) is 1.71. The zero-order valence-electron chi connectivity index (χ0n) is 12.5. The lowest BCUT2D eigenvalue weighted by Gasteiger charge is -2.25. The number of aromatic nitrogens is 1. The normalized spacial score (nSPS) is 18.2. The smallest absolute Gasteiger partial charge is 0.246 e. The highest BCUT2D eigenvalue weighted by molar-refractivity contribution is 7.89. The van der Waals surface area contributed by atoms with E-state index < -0.39 is 10.0 Å². The number of sulfonamides is 1. The van der Waals surface area contributed by atoms with E-state index >= 15 is 0 Å². The van der Waals surface area contributed by atoms with Crippen molar-refractivity contribution >= 4 is 10.0 Å². The molecule has 0 saturated heterocycles. The van der Waals surface area contributed by atoms with Gasteiger partial charge in [0.05, 0.1) is 12.7 Å². The van der Waals surface area contributed by atoms with Gasteiger partial charge in [0.25, 0.3) is 0 Å². The highest BCUT2D eigenvalue weighted by Gasteiger charge is 2.26. The average Bonchev–Trinajstić information content (AvgIpc) is 2.85. The third-order valence-electron chi connectivity index (χ3n) is 3.78. The maximum absolute atomic E-state index is 12.4. The van der Waals surface area contributed by atoms with E-state index in [4.69, 9.17) is 9.26 Å². The number of rotatable bonds is 4. The Balaban J connectivity index is 1.69. The molecule has 3 rings (SSSR count). The molecule has 1 aromatic heterocycles. The summed E-state index contributed by atoms with van der Waals surface area (Å²) in [4.78, 5) is 0.115. The van der Waals surface area contributed by atoms with Gasteiger partial charge in [0.2, 0.25) is 10.0 Å². The van der Waals surface area contributed by atoms with Crippen LogP contribution in [-0.4, -0.2) is 26.2 Å². The summed E-state index contributed by atoms with van der Waals surface area (Å²) in [5.74, 6) is 0.292. The molecular weight excluding hydrogens is 304 g/mol. The van der Waals surface area contributed by atoms with Crippen molar-refractivity contribution in [2.24, 2.45) is 0 Å². The van der Waals surface area contributed by atoms with Crippen LogP contribution in [0.1, 0.15) is 22.6 Å². The van der Waals surface area contributed by atoms with Crippen molar-refractivity contribution in [3.63, 3.8) is 0 Å². The first-order valence-electron chi connectivity index (χ1n) is 7.08. The van der Waals surface area contributed by atoms with E-state index in [-0.39, 0.29) is 17.5 Å². The van der Waals surface area contributed by atoms with Crippen molar-refractivity contribution in [1.29, 1.82) is 0 Å². The summed E-state index contributed by atoms with van der Waals surface area (Å²) in [6.45, 7) is 3.93. The largest absolute Gasteiger partial charge is 0.372 e. The summed E-state index contributed by atoms with van der Waals surface area (Å²) < 4.78 is 37.9. The number of hydrogen-bond donors (Lipinski definition) is 1. The van der Waals surface area contributed by atoms with Crippen molar-refractivity contribution in [2.45, 2.75) is 37.9 Å². The van der Waals surface area contributed by atoms with Gasteiger partial charge < -0.3 is 9.26 Å². The van der Waals surface area contributed by atoms with Gasteiger partial charge in [-0.05, 0) is 25.0 Å². The number of ether oxygens (including phenoxy) is 1. The van der Waals surface area contributed by atoms with Gasteiger partial charge >= 0.3 is 0 Å². The van der Waals surface area contributed by atoms with Crippen molar-refractivity contribution < 1.29 is 17.7 Å². The van der Waals surface area contributed by atoms with Crippen LogP contribution < -0.4 is 4.72 Å². The van der Waals surface area contributed by atoms with Gasteiger partial charge in [-0.2, -0.15) is 0 Å². The first-order chi connectivity index (χ1) is 10.5. The molecule has 1 aromatic carbocycles. The zero-order valence-corrected chi connectivity index (χ0v) is 13.3. The quantitative estimate of drug-likeness (QED) is 0.927. The molecule has 0 aliphatic carbocycles. The molecule has 2 aromatic rings. The summed E-state index contributed by atoms with van der Waals surface area (Å²) >= 11 is 0. The van der Waals surface area contributed by atoms with Crippen LogP contribution in [0.25, 0.3) is 0 Å². The van der Waals surface area contributed by atoms with Crippen molar-refractivity contribution in [3.05, 3.63) is 46.8 Å². The van der Waals surface area contributed by atoms with Gasteiger partial charge in [0.15, 0.2) is 5.76 Å². The zero-order chi connectivity index (χ0) is 15.7. The van der Waals surface area contributed by atoms with E-state index in [2.05, 4.69) is 9.88 Å². The molecule has 118 valence electrons. The third-order valence-corrected chi connectivity index (χ3v) is 5.45. The first-order valence-corrected chi connectivity index (χ1v) is 8.56. The van der Waals surface area contributed by atoms with Gasteiger partial charge in [-0.15, -0.1) is 0 Å². The average molecular weight is 322 g/mol. The lowest BCUT2D eigenvalue weighted by Crippen LogP contribution is -2.37. The Morgan fingerprint density at radius 2 is 2.00 bits per heavy atom. The molecule has 0 radical (unpaired) electrons. The third kappa shape index (κ3) is 2.92. The molecule has 0 bridgehead atoms. The van der Waals surface area contributed by atoms with E-state index in [0.29, 0.717) is 24.5 Å². The standard InChI is InChI=1S/C15H18N2O4S/c1-10-15(11(2)21-17-10)22(18,19)16-8-14-7-12-5-3-4-6-13(12)9-20-14/h3-6,14,16H,7-9H2,1-2H3/t14-/m0/s1. The van der Waals surface area contributed by atoms with E-state index in [1.165, 1.54) is 5.56 Å². The molecule has 0 fully saturated rings. The SMILES string of the molecule is Cc1noc(C)c1S(=O)(=O)NC[C@@H]1Cc2ccccc2CO1. The summed E-state index contributed by atoms with van der Waals surface area (Å²) in [5, 5.41) is 3.68. The molecule has 0 unspecified atom stereocenters. The van der Waals surface area contributed by atoms with Crippen LogP contribution in [0.2, 0.25) is 0 Å². The topological polar surface area (TPSA) is 81.4 Å². The highest BCUT2D eigenvalue weighted by atomic mass is 32.2. The minimum atomic E-state index is -3.64. The Bertz CT molecular complexity index is 763. The molecule has 1 atom stereocenters. The fourth-order valence-electron chi connectivity index (χ4n) is 2.67.